The maximum absolute atomic E-state index is 14.0. The number of benzene rings is 2. The normalized spacial score (nSPS) is 12.2. The summed E-state index contributed by atoms with van der Waals surface area (Å²) in [6.07, 6.45) is 3.03. The molecule has 4 rings (SSSR count). The molecule has 10 heteroatoms. The van der Waals surface area contributed by atoms with Crippen LogP contribution >= 0.6 is 11.6 Å². The Kier molecular flexibility index (Phi) is 6.14. The van der Waals surface area contributed by atoms with Crippen LogP contribution in [0, 0.1) is 11.6 Å². The van der Waals surface area contributed by atoms with Crippen molar-refractivity contribution in [3.05, 3.63) is 94.3 Å². The first-order valence-electron chi connectivity index (χ1n) is 9.67. The Morgan fingerprint density at radius 3 is 2.64 bits per heavy atom. The van der Waals surface area contributed by atoms with E-state index >= 15 is 0 Å². The summed E-state index contributed by atoms with van der Waals surface area (Å²) in [6.45, 7) is 0. The number of nitrogens with zero attached hydrogens (tertiary/aromatic N) is 4. The molecule has 0 atom stereocenters. The van der Waals surface area contributed by atoms with Crippen molar-refractivity contribution in [3.63, 3.8) is 0 Å². The molecule has 0 spiro atoms. The number of halogens is 3. The Balaban J connectivity index is 1.68. The SMILES string of the molecule is CN=CC(=C(N)c1ccc(F)cc1)c1ccc2nc(NC(=O)c3cc(Cl)ccc3F)cn2n1. The summed E-state index contributed by atoms with van der Waals surface area (Å²) in [5.41, 5.74) is 8.51. The first kappa shape index (κ1) is 22.1. The monoisotopic (exact) mass is 466 g/mol. The van der Waals surface area contributed by atoms with Gasteiger partial charge in [0.2, 0.25) is 0 Å². The van der Waals surface area contributed by atoms with Gasteiger partial charge in [0.15, 0.2) is 11.5 Å². The standard InChI is InChI=1S/C23H17ClF2N6O/c1-28-11-17(22(27)13-2-5-15(25)6-3-13)19-8-9-21-29-20(12-32(21)31-19)30-23(33)16-10-14(24)4-7-18(16)26/h2-12H,27H2,1H3,(H,30,33). The number of hydrogen-bond acceptors (Lipinski definition) is 5. The largest absolute Gasteiger partial charge is 0.398 e. The molecule has 2 aromatic heterocycles. The van der Waals surface area contributed by atoms with Crippen LogP contribution in [0.5, 0.6) is 0 Å². The molecule has 0 aliphatic heterocycles. The fourth-order valence-electron chi connectivity index (χ4n) is 3.13. The molecule has 0 bridgehead atoms. The summed E-state index contributed by atoms with van der Waals surface area (Å²) in [6, 6.07) is 12.8. The van der Waals surface area contributed by atoms with Crippen LogP contribution < -0.4 is 11.1 Å². The van der Waals surface area contributed by atoms with Crippen molar-refractivity contribution in [3.8, 4) is 0 Å². The smallest absolute Gasteiger partial charge is 0.259 e. The number of nitrogens with one attached hydrogen (secondary N) is 1. The molecule has 0 radical (unpaired) electrons. The van der Waals surface area contributed by atoms with Gasteiger partial charge in [-0.15, -0.1) is 0 Å². The van der Waals surface area contributed by atoms with Crippen molar-refractivity contribution in [2.45, 2.75) is 0 Å². The molecule has 166 valence electrons. The van der Waals surface area contributed by atoms with Gasteiger partial charge in [0.1, 0.15) is 11.6 Å². The Morgan fingerprint density at radius 1 is 1.15 bits per heavy atom. The van der Waals surface area contributed by atoms with Crippen LogP contribution in [0.15, 0.2) is 65.8 Å². The van der Waals surface area contributed by atoms with Gasteiger partial charge in [0.05, 0.1) is 17.5 Å². The third kappa shape index (κ3) is 4.73. The molecule has 0 saturated carbocycles. The van der Waals surface area contributed by atoms with Gasteiger partial charge in [-0.2, -0.15) is 5.10 Å². The molecule has 0 aliphatic rings. The van der Waals surface area contributed by atoms with Crippen LogP contribution in [-0.2, 0) is 0 Å². The summed E-state index contributed by atoms with van der Waals surface area (Å²) in [5.74, 6) is -1.60. The van der Waals surface area contributed by atoms with Gasteiger partial charge in [-0.1, -0.05) is 11.6 Å². The molecule has 0 saturated heterocycles. The first-order valence-corrected chi connectivity index (χ1v) is 10.0. The number of carbonyl (C=O) groups is 1. The number of amides is 1. The predicted molar refractivity (Wildman–Crippen MR) is 124 cm³/mol. The minimum Gasteiger partial charge on any atom is -0.398 e. The van der Waals surface area contributed by atoms with E-state index in [2.05, 4.69) is 20.4 Å². The van der Waals surface area contributed by atoms with E-state index in [-0.39, 0.29) is 22.2 Å². The average Bonchev–Trinajstić information content (AvgIpc) is 3.20. The van der Waals surface area contributed by atoms with Crippen molar-refractivity contribution in [2.24, 2.45) is 10.7 Å². The highest BCUT2D eigenvalue weighted by Gasteiger charge is 2.15. The lowest BCUT2D eigenvalue weighted by molar-refractivity contribution is 0.102. The van der Waals surface area contributed by atoms with Crippen LogP contribution in [0.25, 0.3) is 16.9 Å². The van der Waals surface area contributed by atoms with Gasteiger partial charge in [-0.05, 0) is 60.2 Å². The Morgan fingerprint density at radius 2 is 1.91 bits per heavy atom. The number of aromatic nitrogens is 3. The zero-order valence-corrected chi connectivity index (χ0v) is 18.0. The second-order valence-corrected chi connectivity index (χ2v) is 7.38. The molecule has 0 fully saturated rings. The van der Waals surface area contributed by atoms with Crippen LogP contribution in [0.1, 0.15) is 21.6 Å². The van der Waals surface area contributed by atoms with E-state index in [0.717, 1.165) is 6.07 Å². The van der Waals surface area contributed by atoms with Crippen LogP contribution in [0.2, 0.25) is 5.02 Å². The van der Waals surface area contributed by atoms with Gasteiger partial charge in [-0.25, -0.2) is 18.3 Å². The van der Waals surface area contributed by atoms with Crippen molar-refractivity contribution >= 4 is 46.5 Å². The molecule has 3 N–H and O–H groups in total. The fraction of sp³-hybridized carbons (Fsp3) is 0.0435. The highest BCUT2D eigenvalue weighted by atomic mass is 35.5. The van der Waals surface area contributed by atoms with E-state index in [1.807, 2.05) is 0 Å². The molecule has 0 unspecified atom stereocenters. The predicted octanol–water partition coefficient (Wildman–Crippen LogP) is 4.44. The van der Waals surface area contributed by atoms with Gasteiger partial charge >= 0.3 is 0 Å². The molecule has 1 amide bonds. The summed E-state index contributed by atoms with van der Waals surface area (Å²) in [5, 5.41) is 7.27. The minimum atomic E-state index is -0.703. The van der Waals surface area contributed by atoms with Crippen LogP contribution in [-0.4, -0.2) is 33.8 Å². The molecule has 0 aliphatic carbocycles. The minimum absolute atomic E-state index is 0.172. The molecule has 7 nitrogen and oxygen atoms in total. The zero-order valence-electron chi connectivity index (χ0n) is 17.3. The van der Waals surface area contributed by atoms with Gasteiger partial charge in [-0.3, -0.25) is 9.79 Å². The van der Waals surface area contributed by atoms with E-state index in [0.29, 0.717) is 28.2 Å². The fourth-order valence-corrected chi connectivity index (χ4v) is 3.30. The number of nitrogens with two attached hydrogens (primary N) is 1. The number of hydrogen-bond donors (Lipinski definition) is 2. The highest BCUT2D eigenvalue weighted by Crippen LogP contribution is 2.22. The summed E-state index contributed by atoms with van der Waals surface area (Å²) < 4.78 is 28.7. The quantitative estimate of drug-likeness (QED) is 0.425. The molecule has 33 heavy (non-hydrogen) atoms. The number of aliphatic imine (C=N–C) groups is 1. The molecule has 2 heterocycles. The van der Waals surface area contributed by atoms with Crippen LogP contribution in [0.3, 0.4) is 0 Å². The van der Waals surface area contributed by atoms with Gasteiger partial charge in [0.25, 0.3) is 5.91 Å². The third-order valence-electron chi connectivity index (χ3n) is 4.71. The first-order chi connectivity index (χ1) is 15.9. The Hall–Kier alpha value is -4.11. The van der Waals surface area contributed by atoms with Gasteiger partial charge in [0, 0.05) is 29.6 Å². The van der Waals surface area contributed by atoms with E-state index in [1.165, 1.54) is 35.0 Å². The maximum atomic E-state index is 14.0. The number of anilines is 1. The molecular weight excluding hydrogens is 450 g/mol. The number of rotatable bonds is 5. The van der Waals surface area contributed by atoms with Crippen molar-refractivity contribution in [2.75, 3.05) is 12.4 Å². The molecular formula is C23H17ClF2N6O. The number of imidazole rings is 1. The summed E-state index contributed by atoms with van der Waals surface area (Å²) in [4.78, 5) is 20.8. The summed E-state index contributed by atoms with van der Waals surface area (Å²) in [7, 11) is 1.59. The average molecular weight is 467 g/mol. The number of fused-ring (bicyclic) bond motifs is 1. The summed E-state index contributed by atoms with van der Waals surface area (Å²) >= 11 is 5.86. The lowest BCUT2D eigenvalue weighted by atomic mass is 10.0. The van der Waals surface area contributed by atoms with E-state index < -0.39 is 11.7 Å². The van der Waals surface area contributed by atoms with Crippen molar-refractivity contribution in [1.82, 2.24) is 14.6 Å². The lowest BCUT2D eigenvalue weighted by Gasteiger charge is -2.08. The number of allylic oxidation sites excluding steroid dienone is 1. The topological polar surface area (TPSA) is 97.7 Å². The van der Waals surface area contributed by atoms with Crippen LogP contribution in [0.4, 0.5) is 14.6 Å². The molecule has 4 aromatic rings. The third-order valence-corrected chi connectivity index (χ3v) is 4.95. The van der Waals surface area contributed by atoms with E-state index in [4.69, 9.17) is 17.3 Å². The number of carbonyl (C=O) groups excluding carboxylic acids is 1. The van der Waals surface area contributed by atoms with Gasteiger partial charge < -0.3 is 11.1 Å². The zero-order chi connectivity index (χ0) is 23.5. The van der Waals surface area contributed by atoms with E-state index in [9.17, 15) is 13.6 Å². The second kappa shape index (κ2) is 9.17. The van der Waals surface area contributed by atoms with Crippen molar-refractivity contribution in [1.29, 1.82) is 0 Å². The second-order valence-electron chi connectivity index (χ2n) is 6.95. The van der Waals surface area contributed by atoms with E-state index in [1.54, 1.807) is 37.5 Å². The maximum Gasteiger partial charge on any atom is 0.259 e. The molecule has 2 aromatic carbocycles. The lowest BCUT2D eigenvalue weighted by Crippen LogP contribution is -2.14. The van der Waals surface area contributed by atoms with Crippen molar-refractivity contribution < 1.29 is 13.6 Å². The Bertz CT molecular complexity index is 1410. The highest BCUT2D eigenvalue weighted by molar-refractivity contribution is 6.31. The Labute approximate surface area is 192 Å².